The van der Waals surface area contributed by atoms with Gasteiger partial charge < -0.3 is 10.1 Å². The number of ether oxygens (including phenoxy) is 1. The Morgan fingerprint density at radius 3 is 2.16 bits per heavy atom. The summed E-state index contributed by atoms with van der Waals surface area (Å²) in [6, 6.07) is 17.2. The average Bonchev–Trinajstić information content (AvgIpc) is 2.63. The maximum Gasteiger partial charge on any atom is 0.313 e. The Morgan fingerprint density at radius 2 is 1.56 bits per heavy atom. The smallest absolute Gasteiger partial charge is 0.313 e. The largest absolute Gasteiger partial charge is 0.466 e. The van der Waals surface area contributed by atoms with E-state index in [-0.39, 0.29) is 24.7 Å². The minimum absolute atomic E-state index is 0.214. The highest BCUT2D eigenvalue weighted by molar-refractivity contribution is 6.02. The van der Waals surface area contributed by atoms with E-state index in [0.717, 1.165) is 5.56 Å². The molecule has 2 rings (SSSR count). The Labute approximate surface area is 147 Å². The normalized spacial score (nSPS) is 11.4. The van der Waals surface area contributed by atoms with Crippen LogP contribution in [-0.2, 0) is 20.7 Å². The Bertz CT molecular complexity index is 713. The number of carbonyl (C=O) groups is 3. The first-order valence-corrected chi connectivity index (χ1v) is 8.18. The first kappa shape index (κ1) is 18.4. The predicted octanol–water partition coefficient (Wildman–Crippen LogP) is 2.55. The maximum absolute atomic E-state index is 12.5. The van der Waals surface area contributed by atoms with E-state index in [2.05, 4.69) is 5.32 Å². The van der Waals surface area contributed by atoms with Gasteiger partial charge in [-0.15, -0.1) is 0 Å². The second-order valence-electron chi connectivity index (χ2n) is 5.53. The molecule has 0 aliphatic carbocycles. The molecule has 0 heterocycles. The number of benzene rings is 2. The molecular formula is C20H21NO4. The molecule has 2 aromatic rings. The van der Waals surface area contributed by atoms with Crippen molar-refractivity contribution in [2.24, 2.45) is 0 Å². The zero-order valence-corrected chi connectivity index (χ0v) is 14.1. The lowest BCUT2D eigenvalue weighted by Gasteiger charge is -2.18. The van der Waals surface area contributed by atoms with Crippen LogP contribution in [0.25, 0.3) is 0 Å². The van der Waals surface area contributed by atoms with Crippen LogP contribution >= 0.6 is 0 Å². The van der Waals surface area contributed by atoms with Gasteiger partial charge in [0.25, 0.3) is 5.91 Å². The predicted molar refractivity (Wildman–Crippen MR) is 94.1 cm³/mol. The van der Waals surface area contributed by atoms with Crippen LogP contribution in [-0.4, -0.2) is 30.3 Å². The molecule has 1 unspecified atom stereocenters. The van der Waals surface area contributed by atoms with Gasteiger partial charge in [0, 0.05) is 5.56 Å². The van der Waals surface area contributed by atoms with Crippen LogP contribution in [0.2, 0.25) is 0 Å². The van der Waals surface area contributed by atoms with Crippen LogP contribution in [0.15, 0.2) is 60.7 Å². The van der Waals surface area contributed by atoms with Crippen molar-refractivity contribution in [3.63, 3.8) is 0 Å². The number of ketones is 1. The second-order valence-corrected chi connectivity index (χ2v) is 5.53. The van der Waals surface area contributed by atoms with Crippen LogP contribution in [0.1, 0.15) is 29.3 Å². The molecule has 25 heavy (non-hydrogen) atoms. The van der Waals surface area contributed by atoms with Gasteiger partial charge >= 0.3 is 5.97 Å². The Kier molecular flexibility index (Phi) is 6.89. The molecule has 2 aromatic carbocycles. The van der Waals surface area contributed by atoms with E-state index in [4.69, 9.17) is 4.74 Å². The Hall–Kier alpha value is -2.95. The topological polar surface area (TPSA) is 72.5 Å². The van der Waals surface area contributed by atoms with Gasteiger partial charge in [0.15, 0.2) is 5.78 Å². The van der Waals surface area contributed by atoms with Gasteiger partial charge in [-0.05, 0) is 31.0 Å². The summed E-state index contributed by atoms with van der Waals surface area (Å²) in [5.74, 6) is -1.30. The first-order valence-electron chi connectivity index (χ1n) is 8.18. The van der Waals surface area contributed by atoms with Crippen molar-refractivity contribution in [1.82, 2.24) is 5.32 Å². The molecule has 1 amide bonds. The summed E-state index contributed by atoms with van der Waals surface area (Å²) < 4.78 is 4.83. The molecule has 130 valence electrons. The number of carbonyl (C=O) groups excluding carboxylic acids is 3. The zero-order chi connectivity index (χ0) is 18.1. The molecule has 0 radical (unpaired) electrons. The van der Waals surface area contributed by atoms with Gasteiger partial charge in [0.1, 0.15) is 6.42 Å². The van der Waals surface area contributed by atoms with Gasteiger partial charge in [-0.25, -0.2) is 0 Å². The highest BCUT2D eigenvalue weighted by Gasteiger charge is 2.24. The summed E-state index contributed by atoms with van der Waals surface area (Å²) in [4.78, 5) is 36.5. The molecule has 0 saturated carbocycles. The SMILES string of the molecule is CCOC(=O)CC(=O)C(Cc1ccccc1)NC(=O)c1ccccc1. The number of rotatable bonds is 8. The fraction of sp³-hybridized carbons (Fsp3) is 0.250. The lowest BCUT2D eigenvalue weighted by Crippen LogP contribution is -2.43. The standard InChI is InChI=1S/C20H21NO4/c1-2-25-19(23)14-18(22)17(13-15-9-5-3-6-10-15)21-20(24)16-11-7-4-8-12-16/h3-12,17H,2,13-14H2,1H3,(H,21,24). The zero-order valence-electron chi connectivity index (χ0n) is 14.1. The second kappa shape index (κ2) is 9.37. The van der Waals surface area contributed by atoms with Gasteiger partial charge in [0.05, 0.1) is 12.6 Å². The van der Waals surface area contributed by atoms with Gasteiger partial charge in [-0.3, -0.25) is 14.4 Å². The van der Waals surface area contributed by atoms with Crippen molar-refractivity contribution in [2.75, 3.05) is 6.61 Å². The number of esters is 1. The lowest BCUT2D eigenvalue weighted by atomic mass is 10.00. The average molecular weight is 339 g/mol. The van der Waals surface area contributed by atoms with Crippen molar-refractivity contribution < 1.29 is 19.1 Å². The van der Waals surface area contributed by atoms with Gasteiger partial charge in [-0.2, -0.15) is 0 Å². The third-order valence-corrected chi connectivity index (χ3v) is 3.64. The monoisotopic (exact) mass is 339 g/mol. The van der Waals surface area contributed by atoms with Crippen molar-refractivity contribution in [3.8, 4) is 0 Å². The van der Waals surface area contributed by atoms with Crippen molar-refractivity contribution >= 4 is 17.7 Å². The quantitative estimate of drug-likeness (QED) is 0.592. The fourth-order valence-corrected chi connectivity index (χ4v) is 2.40. The highest BCUT2D eigenvalue weighted by Crippen LogP contribution is 2.08. The van der Waals surface area contributed by atoms with Crippen LogP contribution < -0.4 is 5.32 Å². The van der Waals surface area contributed by atoms with Crippen molar-refractivity contribution in [2.45, 2.75) is 25.8 Å². The molecule has 5 heteroatoms. The van der Waals surface area contributed by atoms with E-state index in [1.807, 2.05) is 36.4 Å². The van der Waals surface area contributed by atoms with E-state index in [9.17, 15) is 14.4 Å². The molecule has 0 aliphatic heterocycles. The molecule has 0 fully saturated rings. The summed E-state index contributed by atoms with van der Waals surface area (Å²) in [5, 5.41) is 2.73. The van der Waals surface area contributed by atoms with Gasteiger partial charge in [-0.1, -0.05) is 48.5 Å². The molecule has 1 N–H and O–H groups in total. The Balaban J connectivity index is 2.12. The summed E-state index contributed by atoms with van der Waals surface area (Å²) >= 11 is 0. The van der Waals surface area contributed by atoms with Crippen molar-refractivity contribution in [1.29, 1.82) is 0 Å². The van der Waals surface area contributed by atoms with Gasteiger partial charge in [0.2, 0.25) is 0 Å². The van der Waals surface area contributed by atoms with Crippen LogP contribution in [0, 0.1) is 0 Å². The summed E-state index contributed by atoms with van der Waals surface area (Å²) in [6.45, 7) is 1.90. The minimum Gasteiger partial charge on any atom is -0.466 e. The lowest BCUT2D eigenvalue weighted by molar-refractivity contribution is -0.145. The summed E-state index contributed by atoms with van der Waals surface area (Å²) in [5.41, 5.74) is 1.36. The molecular weight excluding hydrogens is 318 g/mol. The number of amides is 1. The molecule has 5 nitrogen and oxygen atoms in total. The van der Waals surface area contributed by atoms with E-state index < -0.39 is 12.0 Å². The van der Waals surface area contributed by atoms with E-state index >= 15 is 0 Å². The minimum atomic E-state index is -0.792. The van der Waals surface area contributed by atoms with E-state index in [1.54, 1.807) is 31.2 Å². The van der Waals surface area contributed by atoms with Crippen LogP contribution in [0.4, 0.5) is 0 Å². The number of Topliss-reactive ketones (excluding diaryl/α,β-unsaturated/α-hetero) is 1. The van der Waals surface area contributed by atoms with Crippen molar-refractivity contribution in [3.05, 3.63) is 71.8 Å². The number of nitrogens with one attached hydrogen (secondary N) is 1. The molecule has 1 atom stereocenters. The maximum atomic E-state index is 12.5. The highest BCUT2D eigenvalue weighted by atomic mass is 16.5. The summed E-state index contributed by atoms with van der Waals surface area (Å²) in [6.07, 6.45) is -0.0436. The van der Waals surface area contributed by atoms with E-state index in [1.165, 1.54) is 0 Å². The van der Waals surface area contributed by atoms with Crippen LogP contribution in [0.5, 0.6) is 0 Å². The van der Waals surface area contributed by atoms with Crippen LogP contribution in [0.3, 0.4) is 0 Å². The molecule has 0 spiro atoms. The third-order valence-electron chi connectivity index (χ3n) is 3.64. The van der Waals surface area contributed by atoms with E-state index in [0.29, 0.717) is 12.0 Å². The fourth-order valence-electron chi connectivity index (χ4n) is 2.40. The third kappa shape index (κ3) is 5.88. The molecule has 0 bridgehead atoms. The first-order chi connectivity index (χ1) is 12.1. The molecule has 0 saturated heterocycles. The summed E-state index contributed by atoms with van der Waals surface area (Å²) in [7, 11) is 0. The molecule has 0 aliphatic rings. The Morgan fingerprint density at radius 1 is 0.960 bits per heavy atom. The molecule has 0 aromatic heterocycles. The number of hydrogen-bond acceptors (Lipinski definition) is 4. The number of hydrogen-bond donors (Lipinski definition) is 1.